The molecule has 0 aromatic heterocycles. The minimum Gasteiger partial charge on any atom is -1.00 e. The van der Waals surface area contributed by atoms with Crippen LogP contribution in [0, 0.1) is 0 Å². The van der Waals surface area contributed by atoms with E-state index in [4.69, 9.17) is 0 Å². The Balaban J connectivity index is 0.000000460. The Hall–Kier alpha value is -2.26. The Morgan fingerprint density at radius 2 is 0.826 bits per heavy atom. The Labute approximate surface area is 152 Å². The van der Waals surface area contributed by atoms with Crippen molar-refractivity contribution in [3.63, 3.8) is 0 Å². The van der Waals surface area contributed by atoms with Gasteiger partial charge in [0.05, 0.1) is 0 Å². The van der Waals surface area contributed by atoms with Crippen LogP contribution in [0.5, 0.6) is 0 Å². The van der Waals surface area contributed by atoms with Crippen molar-refractivity contribution >= 4 is 18.2 Å². The summed E-state index contributed by atoms with van der Waals surface area (Å²) >= 11 is 0. The van der Waals surface area contributed by atoms with Crippen molar-refractivity contribution in [3.8, 4) is 0 Å². The minimum absolute atomic E-state index is 0. The van der Waals surface area contributed by atoms with Gasteiger partial charge in [-0.2, -0.15) is 0 Å². The molecule has 3 aromatic carbocycles. The van der Waals surface area contributed by atoms with E-state index in [0.29, 0.717) is 0 Å². The summed E-state index contributed by atoms with van der Waals surface area (Å²) in [6.07, 6.45) is 6.07. The molecule has 0 aliphatic heterocycles. The number of hydrogen-bond donors (Lipinski definition) is 0. The quantitative estimate of drug-likeness (QED) is 0.513. The molecule has 0 N–H and O–H groups in total. The molecule has 0 saturated heterocycles. The van der Waals surface area contributed by atoms with Gasteiger partial charge in [0.2, 0.25) is 0 Å². The van der Waals surface area contributed by atoms with Gasteiger partial charge < -0.3 is 1.43 Å². The van der Waals surface area contributed by atoms with Gasteiger partial charge in [0, 0.05) is 0 Å². The molecular formula is C22H21Li. The average molecular weight is 292 g/mol. The first-order valence-electron chi connectivity index (χ1n) is 7.34. The number of hydrogen-bond acceptors (Lipinski definition) is 0. The molecule has 0 unspecified atom stereocenters. The van der Waals surface area contributed by atoms with Crippen molar-refractivity contribution in [1.29, 1.82) is 0 Å². The summed E-state index contributed by atoms with van der Waals surface area (Å²) in [6.45, 7) is 3.63. The van der Waals surface area contributed by atoms with Gasteiger partial charge in [-0.3, -0.25) is 0 Å². The molecule has 0 amide bonds. The third kappa shape index (κ3) is 7.52. The molecule has 110 valence electrons. The van der Waals surface area contributed by atoms with Crippen LogP contribution in [0.4, 0.5) is 0 Å². The number of rotatable bonds is 3. The zero-order chi connectivity index (χ0) is 15.5. The van der Waals surface area contributed by atoms with Crippen LogP contribution in [-0.4, -0.2) is 0 Å². The van der Waals surface area contributed by atoms with E-state index in [1.807, 2.05) is 72.8 Å². The summed E-state index contributed by atoms with van der Waals surface area (Å²) in [4.78, 5) is 0. The standard InChI is InChI=1S/C14H12.C8H8.Li.H/c1-3-7-13(8-4-1)11-12-14-9-5-2-6-10-14;1-2-8-6-4-3-5-7-8;;/h1-12H;2-7H,1H2;;/q;;+1;-1. The van der Waals surface area contributed by atoms with Gasteiger partial charge in [-0.05, 0) is 16.7 Å². The Bertz CT molecular complexity index is 650. The summed E-state index contributed by atoms with van der Waals surface area (Å²) in [5.74, 6) is 0. The third-order valence-corrected chi connectivity index (χ3v) is 3.10. The van der Waals surface area contributed by atoms with E-state index in [-0.39, 0.29) is 20.3 Å². The van der Waals surface area contributed by atoms with E-state index in [1.165, 1.54) is 16.7 Å². The monoisotopic (exact) mass is 292 g/mol. The zero-order valence-corrected chi connectivity index (χ0v) is 13.6. The fourth-order valence-electron chi connectivity index (χ4n) is 1.91. The van der Waals surface area contributed by atoms with Gasteiger partial charge in [-0.1, -0.05) is 116 Å². The average Bonchev–Trinajstić information content (AvgIpc) is 2.63. The summed E-state index contributed by atoms with van der Waals surface area (Å²) in [7, 11) is 0. The van der Waals surface area contributed by atoms with Crippen LogP contribution in [0.25, 0.3) is 18.2 Å². The molecule has 3 aromatic rings. The predicted molar refractivity (Wildman–Crippen MR) is 99.5 cm³/mol. The van der Waals surface area contributed by atoms with Crippen molar-refractivity contribution in [1.82, 2.24) is 0 Å². The molecule has 0 nitrogen and oxygen atoms in total. The topological polar surface area (TPSA) is 0 Å². The van der Waals surface area contributed by atoms with Crippen LogP contribution < -0.4 is 18.9 Å². The van der Waals surface area contributed by atoms with E-state index >= 15 is 0 Å². The van der Waals surface area contributed by atoms with E-state index in [0.717, 1.165) is 0 Å². The Kier molecular flexibility index (Phi) is 9.25. The van der Waals surface area contributed by atoms with Gasteiger partial charge in [0.25, 0.3) is 0 Å². The molecule has 0 bridgehead atoms. The SMILES string of the molecule is C(=Cc1ccccc1)c1ccccc1.C=Cc1ccccc1.[H-].[Li+]. The summed E-state index contributed by atoms with van der Waals surface area (Å²) in [5.41, 5.74) is 3.64. The molecule has 0 radical (unpaired) electrons. The van der Waals surface area contributed by atoms with Crippen LogP contribution in [0.15, 0.2) is 97.6 Å². The molecule has 0 atom stereocenters. The van der Waals surface area contributed by atoms with Gasteiger partial charge in [-0.15, -0.1) is 0 Å². The molecule has 0 saturated carbocycles. The maximum atomic E-state index is 3.63. The molecule has 0 aliphatic carbocycles. The van der Waals surface area contributed by atoms with Gasteiger partial charge >= 0.3 is 18.9 Å². The van der Waals surface area contributed by atoms with Gasteiger partial charge in [0.1, 0.15) is 0 Å². The van der Waals surface area contributed by atoms with E-state index in [2.05, 4.69) is 43.0 Å². The largest absolute Gasteiger partial charge is 1.00 e. The molecule has 0 spiro atoms. The summed E-state index contributed by atoms with van der Waals surface area (Å²) in [6, 6.07) is 30.7. The Morgan fingerprint density at radius 1 is 0.522 bits per heavy atom. The first-order chi connectivity index (χ1) is 10.9. The third-order valence-electron chi connectivity index (χ3n) is 3.10. The first kappa shape index (κ1) is 18.8. The van der Waals surface area contributed by atoms with Crippen molar-refractivity contribution in [2.24, 2.45) is 0 Å². The van der Waals surface area contributed by atoms with Crippen molar-refractivity contribution in [2.45, 2.75) is 0 Å². The van der Waals surface area contributed by atoms with E-state index in [1.54, 1.807) is 0 Å². The van der Waals surface area contributed by atoms with Crippen LogP contribution in [-0.2, 0) is 0 Å². The van der Waals surface area contributed by atoms with Crippen molar-refractivity contribution < 1.29 is 20.3 Å². The predicted octanol–water partition coefficient (Wildman–Crippen LogP) is 3.30. The van der Waals surface area contributed by atoms with Crippen LogP contribution in [0.3, 0.4) is 0 Å². The summed E-state index contributed by atoms with van der Waals surface area (Å²) < 4.78 is 0. The molecule has 0 aliphatic rings. The van der Waals surface area contributed by atoms with E-state index < -0.39 is 0 Å². The zero-order valence-electron chi connectivity index (χ0n) is 14.6. The minimum atomic E-state index is 0. The van der Waals surface area contributed by atoms with Crippen molar-refractivity contribution in [3.05, 3.63) is 114 Å². The van der Waals surface area contributed by atoms with Crippen molar-refractivity contribution in [2.75, 3.05) is 0 Å². The molecule has 0 heterocycles. The van der Waals surface area contributed by atoms with Crippen LogP contribution in [0.2, 0.25) is 0 Å². The van der Waals surface area contributed by atoms with Gasteiger partial charge in [-0.25, -0.2) is 0 Å². The second kappa shape index (κ2) is 11.3. The molecule has 23 heavy (non-hydrogen) atoms. The summed E-state index contributed by atoms with van der Waals surface area (Å²) in [5, 5.41) is 0. The Morgan fingerprint density at radius 3 is 1.09 bits per heavy atom. The van der Waals surface area contributed by atoms with E-state index in [9.17, 15) is 0 Å². The van der Waals surface area contributed by atoms with Crippen LogP contribution in [0.1, 0.15) is 18.1 Å². The molecule has 0 fully saturated rings. The second-order valence-electron chi connectivity index (χ2n) is 4.77. The second-order valence-corrected chi connectivity index (χ2v) is 4.77. The fraction of sp³-hybridized carbons (Fsp3) is 0. The maximum Gasteiger partial charge on any atom is 1.00 e. The van der Waals surface area contributed by atoms with Crippen LogP contribution >= 0.6 is 0 Å². The fourth-order valence-corrected chi connectivity index (χ4v) is 1.91. The normalized spacial score (nSPS) is 9.39. The first-order valence-corrected chi connectivity index (χ1v) is 7.34. The number of benzene rings is 3. The maximum absolute atomic E-state index is 3.63. The molecule has 3 rings (SSSR count). The smallest absolute Gasteiger partial charge is 1.00 e. The molecule has 1 heteroatoms. The van der Waals surface area contributed by atoms with Gasteiger partial charge in [0.15, 0.2) is 0 Å². The molecular weight excluding hydrogens is 271 g/mol.